The molecule has 5 heteroatoms. The topological polar surface area (TPSA) is 55.6 Å². The molecule has 2 heterocycles. The highest BCUT2D eigenvalue weighted by molar-refractivity contribution is 5.01. The molecule has 0 aliphatic carbocycles. The number of imidazole rings is 1. The molecule has 2 aromatic rings. The second-order valence-corrected chi connectivity index (χ2v) is 4.24. The monoisotopic (exact) mass is 245 g/mol. The molecule has 0 aliphatic rings. The molecule has 96 valence electrons. The van der Waals surface area contributed by atoms with E-state index in [1.54, 1.807) is 6.20 Å². The largest absolute Gasteiger partial charge is 0.334 e. The Hall–Kier alpha value is -1.75. The molecule has 0 fully saturated rings. The quantitative estimate of drug-likeness (QED) is 0.841. The van der Waals surface area contributed by atoms with Gasteiger partial charge in [-0.25, -0.2) is 15.0 Å². The van der Waals surface area contributed by atoms with Gasteiger partial charge in [-0.15, -0.1) is 0 Å². The number of aryl methyl sites for hydroxylation is 2. The third-order valence-corrected chi connectivity index (χ3v) is 2.69. The molecule has 5 nitrogen and oxygen atoms in total. The van der Waals surface area contributed by atoms with Crippen molar-refractivity contribution in [1.82, 2.24) is 24.8 Å². The van der Waals surface area contributed by atoms with Crippen LogP contribution in [0.1, 0.15) is 30.7 Å². The number of nitrogens with zero attached hydrogens (tertiary/aromatic N) is 4. The minimum atomic E-state index is 0.738. The van der Waals surface area contributed by atoms with Gasteiger partial charge in [-0.05, 0) is 19.4 Å². The summed E-state index contributed by atoms with van der Waals surface area (Å²) in [6.07, 6.45) is 6.78. The fraction of sp³-hybridized carbons (Fsp3) is 0.462. The zero-order valence-corrected chi connectivity index (χ0v) is 10.9. The molecule has 0 saturated carbocycles. The van der Waals surface area contributed by atoms with Crippen LogP contribution in [0.15, 0.2) is 24.7 Å². The van der Waals surface area contributed by atoms with E-state index >= 15 is 0 Å². The summed E-state index contributed by atoms with van der Waals surface area (Å²) < 4.78 is 2.18. The van der Waals surface area contributed by atoms with E-state index in [4.69, 9.17) is 0 Å². The zero-order valence-electron chi connectivity index (χ0n) is 10.9. The standard InChI is InChI=1S/C13H19N5/c1-3-7-18-8-6-16-13(18)10-14-9-12-4-5-15-11(2)17-12/h4-6,8,14H,3,7,9-10H2,1-2H3. The van der Waals surface area contributed by atoms with Crippen LogP contribution in [0.5, 0.6) is 0 Å². The van der Waals surface area contributed by atoms with Gasteiger partial charge in [0.2, 0.25) is 0 Å². The van der Waals surface area contributed by atoms with Crippen molar-refractivity contribution in [3.63, 3.8) is 0 Å². The lowest BCUT2D eigenvalue weighted by atomic mass is 10.4. The van der Waals surface area contributed by atoms with Gasteiger partial charge in [-0.3, -0.25) is 0 Å². The highest BCUT2D eigenvalue weighted by Crippen LogP contribution is 2.00. The molecule has 18 heavy (non-hydrogen) atoms. The van der Waals surface area contributed by atoms with Crippen molar-refractivity contribution in [2.75, 3.05) is 0 Å². The summed E-state index contributed by atoms with van der Waals surface area (Å²) in [6.45, 7) is 6.58. The normalized spacial score (nSPS) is 10.8. The van der Waals surface area contributed by atoms with E-state index in [-0.39, 0.29) is 0 Å². The Morgan fingerprint density at radius 2 is 2.11 bits per heavy atom. The predicted molar refractivity (Wildman–Crippen MR) is 69.8 cm³/mol. The van der Waals surface area contributed by atoms with E-state index in [2.05, 4.69) is 31.8 Å². The van der Waals surface area contributed by atoms with Crippen LogP contribution in [0.25, 0.3) is 0 Å². The Morgan fingerprint density at radius 3 is 2.89 bits per heavy atom. The minimum Gasteiger partial charge on any atom is -0.334 e. The van der Waals surface area contributed by atoms with E-state index in [9.17, 15) is 0 Å². The van der Waals surface area contributed by atoms with Crippen LogP contribution in [0.4, 0.5) is 0 Å². The molecule has 0 unspecified atom stereocenters. The zero-order chi connectivity index (χ0) is 12.8. The minimum absolute atomic E-state index is 0.738. The maximum absolute atomic E-state index is 4.35. The SMILES string of the molecule is CCCn1ccnc1CNCc1ccnc(C)n1. The molecule has 0 amide bonds. The first-order valence-electron chi connectivity index (χ1n) is 6.29. The van der Waals surface area contributed by atoms with Crippen LogP contribution < -0.4 is 5.32 Å². The molecule has 1 N–H and O–H groups in total. The molecule has 0 aromatic carbocycles. The Balaban J connectivity index is 1.86. The van der Waals surface area contributed by atoms with E-state index < -0.39 is 0 Å². The molecule has 0 radical (unpaired) electrons. The average Bonchev–Trinajstić information content (AvgIpc) is 2.78. The van der Waals surface area contributed by atoms with Gasteiger partial charge >= 0.3 is 0 Å². The van der Waals surface area contributed by atoms with Crippen molar-refractivity contribution >= 4 is 0 Å². The number of nitrogens with one attached hydrogen (secondary N) is 1. The van der Waals surface area contributed by atoms with E-state index in [1.165, 1.54) is 0 Å². The Morgan fingerprint density at radius 1 is 1.22 bits per heavy atom. The first-order valence-corrected chi connectivity index (χ1v) is 6.29. The molecular formula is C13H19N5. The summed E-state index contributed by atoms with van der Waals surface area (Å²) in [7, 11) is 0. The number of hydrogen-bond acceptors (Lipinski definition) is 4. The number of aromatic nitrogens is 4. The van der Waals surface area contributed by atoms with Crippen molar-refractivity contribution in [3.05, 3.63) is 42.0 Å². The summed E-state index contributed by atoms with van der Waals surface area (Å²) in [5.74, 6) is 1.88. The van der Waals surface area contributed by atoms with Gasteiger partial charge in [0.25, 0.3) is 0 Å². The molecule has 0 atom stereocenters. The van der Waals surface area contributed by atoms with Crippen LogP contribution in [0, 0.1) is 6.92 Å². The third kappa shape index (κ3) is 3.37. The van der Waals surface area contributed by atoms with Gasteiger partial charge in [0.15, 0.2) is 0 Å². The molecule has 2 aromatic heterocycles. The molecule has 0 spiro atoms. The van der Waals surface area contributed by atoms with Crippen molar-refractivity contribution in [1.29, 1.82) is 0 Å². The molecule has 2 rings (SSSR count). The molecule has 0 bridgehead atoms. The lowest BCUT2D eigenvalue weighted by molar-refractivity contribution is 0.584. The highest BCUT2D eigenvalue weighted by Gasteiger charge is 2.02. The average molecular weight is 245 g/mol. The van der Waals surface area contributed by atoms with Crippen molar-refractivity contribution in [3.8, 4) is 0 Å². The highest BCUT2D eigenvalue weighted by atomic mass is 15.1. The fourth-order valence-corrected chi connectivity index (χ4v) is 1.86. The summed E-state index contributed by atoms with van der Waals surface area (Å²) in [4.78, 5) is 12.8. The number of rotatable bonds is 6. The van der Waals surface area contributed by atoms with Crippen LogP contribution in [0.2, 0.25) is 0 Å². The van der Waals surface area contributed by atoms with E-state index in [1.807, 2.05) is 25.4 Å². The van der Waals surface area contributed by atoms with Crippen molar-refractivity contribution < 1.29 is 0 Å². The van der Waals surface area contributed by atoms with Gasteiger partial charge < -0.3 is 9.88 Å². The smallest absolute Gasteiger partial charge is 0.125 e. The summed E-state index contributed by atoms with van der Waals surface area (Å²) in [6, 6.07) is 1.93. The van der Waals surface area contributed by atoms with E-state index in [0.29, 0.717) is 0 Å². The van der Waals surface area contributed by atoms with Gasteiger partial charge in [0, 0.05) is 31.7 Å². The lowest BCUT2D eigenvalue weighted by Gasteiger charge is -2.07. The van der Waals surface area contributed by atoms with Gasteiger partial charge in [-0.1, -0.05) is 6.92 Å². The van der Waals surface area contributed by atoms with Gasteiger partial charge in [0.05, 0.1) is 12.2 Å². The van der Waals surface area contributed by atoms with Crippen molar-refractivity contribution in [2.24, 2.45) is 0 Å². The second-order valence-electron chi connectivity index (χ2n) is 4.24. The van der Waals surface area contributed by atoms with Crippen LogP contribution in [0.3, 0.4) is 0 Å². The first kappa shape index (κ1) is 12.7. The van der Waals surface area contributed by atoms with Crippen LogP contribution >= 0.6 is 0 Å². The third-order valence-electron chi connectivity index (χ3n) is 2.69. The first-order chi connectivity index (χ1) is 8.79. The fourth-order valence-electron chi connectivity index (χ4n) is 1.86. The predicted octanol–water partition coefficient (Wildman–Crippen LogP) is 1.68. The maximum atomic E-state index is 4.35. The summed E-state index contributed by atoms with van der Waals surface area (Å²) in [5, 5.41) is 3.36. The van der Waals surface area contributed by atoms with Crippen molar-refractivity contribution in [2.45, 2.75) is 39.9 Å². The Labute approximate surface area is 107 Å². The molecule has 0 saturated heterocycles. The molecule has 0 aliphatic heterocycles. The Kier molecular flexibility index (Phi) is 4.41. The lowest BCUT2D eigenvalue weighted by Crippen LogP contribution is -2.17. The van der Waals surface area contributed by atoms with Gasteiger partial charge in [0.1, 0.15) is 11.6 Å². The van der Waals surface area contributed by atoms with Gasteiger partial charge in [-0.2, -0.15) is 0 Å². The summed E-state index contributed by atoms with van der Waals surface area (Å²) in [5.41, 5.74) is 1.01. The van der Waals surface area contributed by atoms with Crippen LogP contribution in [-0.4, -0.2) is 19.5 Å². The second kappa shape index (κ2) is 6.26. The summed E-state index contributed by atoms with van der Waals surface area (Å²) >= 11 is 0. The Bertz CT molecular complexity index is 492. The van der Waals surface area contributed by atoms with E-state index in [0.717, 1.165) is 43.4 Å². The van der Waals surface area contributed by atoms with Crippen LogP contribution in [-0.2, 0) is 19.6 Å². The molecular weight excluding hydrogens is 226 g/mol. The maximum Gasteiger partial charge on any atom is 0.125 e. The number of hydrogen-bond donors (Lipinski definition) is 1.